The van der Waals surface area contributed by atoms with Crippen molar-refractivity contribution in [3.05, 3.63) is 78.4 Å². The van der Waals surface area contributed by atoms with Crippen molar-refractivity contribution in [2.24, 2.45) is 10.1 Å². The van der Waals surface area contributed by atoms with Gasteiger partial charge in [0.15, 0.2) is 5.17 Å². The quantitative estimate of drug-likeness (QED) is 0.225. The van der Waals surface area contributed by atoms with E-state index in [0.717, 1.165) is 23.0 Å². The van der Waals surface area contributed by atoms with Crippen molar-refractivity contribution in [3.8, 4) is 0 Å². The van der Waals surface area contributed by atoms with E-state index in [1.165, 1.54) is 23.6 Å². The highest BCUT2D eigenvalue weighted by Crippen LogP contribution is 2.19. The molecule has 176 valence electrons. The lowest BCUT2D eigenvalue weighted by atomic mass is 10.2. The van der Waals surface area contributed by atoms with Crippen LogP contribution in [0.2, 0.25) is 0 Å². The molecule has 0 heterocycles. The average molecular weight is 457 g/mol. The average Bonchev–Trinajstić information content (AvgIpc) is 2.81. The van der Waals surface area contributed by atoms with E-state index in [0.29, 0.717) is 0 Å². The number of hydrogen-bond acceptors (Lipinski definition) is 4. The van der Waals surface area contributed by atoms with Crippen LogP contribution in [-0.4, -0.2) is 24.3 Å². The molecule has 0 atom stereocenters. The standard InChI is InChI=1S/C19H23N3S.C3H7NO.C2H6.C2H4/c1-4-12-20-22-19(21-18-7-5-6-16(3)13-18)23-14-17-10-8-15(2)9-11-17;1-3(5)4-2;2*1-2/h5-13H,4,14H2,1-3H3,(H,21,22);1-2H3,(H,4,5);1-2H3;1-2H2/b20-12+;;;. The van der Waals surface area contributed by atoms with Crippen molar-refractivity contribution in [2.45, 2.75) is 53.7 Å². The van der Waals surface area contributed by atoms with E-state index in [1.54, 1.807) is 18.8 Å². The minimum atomic E-state index is 0.00463. The van der Waals surface area contributed by atoms with Crippen LogP contribution in [0.4, 0.5) is 5.69 Å². The summed E-state index contributed by atoms with van der Waals surface area (Å²) in [5.74, 6) is 0.865. The van der Waals surface area contributed by atoms with E-state index in [-0.39, 0.29) is 5.91 Å². The Kier molecular flexibility index (Phi) is 20.9. The summed E-state index contributed by atoms with van der Waals surface area (Å²) in [6, 6.07) is 16.7. The molecule has 2 aromatic carbocycles. The van der Waals surface area contributed by atoms with Gasteiger partial charge in [0.1, 0.15) is 0 Å². The number of aliphatic imine (C=N–C) groups is 1. The Hall–Kier alpha value is -2.86. The molecule has 0 aliphatic carbocycles. The van der Waals surface area contributed by atoms with E-state index in [2.05, 4.69) is 91.2 Å². The first kappa shape index (κ1) is 31.3. The van der Waals surface area contributed by atoms with Crippen LogP contribution in [-0.2, 0) is 10.5 Å². The van der Waals surface area contributed by atoms with Gasteiger partial charge < -0.3 is 5.32 Å². The molecule has 0 unspecified atom stereocenters. The first-order chi connectivity index (χ1) is 15.4. The fraction of sp³-hybridized carbons (Fsp3) is 0.346. The summed E-state index contributed by atoms with van der Waals surface area (Å²) < 4.78 is 0. The number of carbonyl (C=O) groups is 1. The fourth-order valence-corrected chi connectivity index (χ4v) is 2.72. The number of hydrazone groups is 1. The summed E-state index contributed by atoms with van der Waals surface area (Å²) in [5.41, 5.74) is 7.75. The van der Waals surface area contributed by atoms with Gasteiger partial charge in [0.25, 0.3) is 0 Å². The summed E-state index contributed by atoms with van der Waals surface area (Å²) in [6.07, 6.45) is 2.74. The van der Waals surface area contributed by atoms with Crippen LogP contribution in [0.25, 0.3) is 0 Å². The molecule has 0 saturated carbocycles. The number of rotatable bonds is 5. The molecule has 5 nitrogen and oxygen atoms in total. The minimum Gasteiger partial charge on any atom is -0.359 e. The van der Waals surface area contributed by atoms with Crippen LogP contribution >= 0.6 is 11.8 Å². The predicted molar refractivity (Wildman–Crippen MR) is 145 cm³/mol. The number of hydrogen-bond donors (Lipinski definition) is 2. The van der Waals surface area contributed by atoms with Gasteiger partial charge in [-0.1, -0.05) is 74.5 Å². The van der Waals surface area contributed by atoms with Crippen LogP contribution in [0.5, 0.6) is 0 Å². The molecule has 0 fully saturated rings. The zero-order valence-corrected chi connectivity index (χ0v) is 21.6. The number of carbonyl (C=O) groups excluding carboxylic acids is 1. The van der Waals surface area contributed by atoms with Gasteiger partial charge >= 0.3 is 0 Å². The second-order valence-electron chi connectivity index (χ2n) is 6.17. The van der Waals surface area contributed by atoms with Crippen molar-refractivity contribution in [3.63, 3.8) is 0 Å². The molecule has 1 amide bonds. The third kappa shape index (κ3) is 16.9. The van der Waals surface area contributed by atoms with Crippen molar-refractivity contribution < 1.29 is 4.79 Å². The Morgan fingerprint density at radius 1 is 1.06 bits per heavy atom. The maximum absolute atomic E-state index is 9.70. The van der Waals surface area contributed by atoms with Crippen LogP contribution in [0.15, 0.2) is 71.8 Å². The number of amidine groups is 1. The normalized spacial score (nSPS) is 9.91. The third-order valence-electron chi connectivity index (χ3n) is 3.51. The first-order valence-electron chi connectivity index (χ1n) is 10.7. The summed E-state index contributed by atoms with van der Waals surface area (Å²) in [7, 11) is 1.60. The summed E-state index contributed by atoms with van der Waals surface area (Å²) in [5, 5.41) is 7.40. The number of nitrogens with zero attached hydrogens (tertiary/aromatic N) is 2. The zero-order valence-electron chi connectivity index (χ0n) is 20.7. The van der Waals surface area contributed by atoms with Gasteiger partial charge in [-0.15, -0.1) is 13.2 Å². The SMILES string of the molecule is C=C.CC.CC/C=N/NC(=Nc1cccc(C)c1)SCc1ccc(C)cc1.CNC(C)=O. The molecule has 2 N–H and O–H groups in total. The highest BCUT2D eigenvalue weighted by molar-refractivity contribution is 8.13. The van der Waals surface area contributed by atoms with E-state index in [9.17, 15) is 4.79 Å². The van der Waals surface area contributed by atoms with Gasteiger partial charge in [-0.3, -0.25) is 10.2 Å². The van der Waals surface area contributed by atoms with Gasteiger partial charge in [0.2, 0.25) is 5.91 Å². The lowest BCUT2D eigenvalue weighted by Crippen LogP contribution is -2.13. The molecule has 0 saturated heterocycles. The Morgan fingerprint density at radius 3 is 2.16 bits per heavy atom. The van der Waals surface area contributed by atoms with Gasteiger partial charge in [0.05, 0.1) is 5.69 Å². The van der Waals surface area contributed by atoms with Crippen LogP contribution in [0.1, 0.15) is 50.8 Å². The maximum atomic E-state index is 9.70. The predicted octanol–water partition coefficient (Wildman–Crippen LogP) is 6.79. The maximum Gasteiger partial charge on any atom is 0.216 e. The Bertz CT molecular complexity index is 802. The molecule has 2 aromatic rings. The molecule has 32 heavy (non-hydrogen) atoms. The van der Waals surface area contributed by atoms with Gasteiger partial charge in [0, 0.05) is 25.9 Å². The van der Waals surface area contributed by atoms with Crippen LogP contribution in [0, 0.1) is 13.8 Å². The smallest absolute Gasteiger partial charge is 0.216 e. The lowest BCUT2D eigenvalue weighted by molar-refractivity contribution is -0.118. The molecule has 0 aliphatic rings. The van der Waals surface area contributed by atoms with E-state index >= 15 is 0 Å². The molecular formula is C26H40N4OS. The monoisotopic (exact) mass is 456 g/mol. The largest absolute Gasteiger partial charge is 0.359 e. The van der Waals surface area contributed by atoms with Gasteiger partial charge in [-0.25, -0.2) is 4.99 Å². The van der Waals surface area contributed by atoms with E-state index < -0.39 is 0 Å². The molecule has 0 aromatic heterocycles. The zero-order chi connectivity index (χ0) is 24.8. The molecule has 0 radical (unpaired) electrons. The number of nitrogens with one attached hydrogen (secondary N) is 2. The summed E-state index contributed by atoms with van der Waals surface area (Å²) in [6.45, 7) is 17.7. The fourth-order valence-electron chi connectivity index (χ4n) is 1.93. The van der Waals surface area contributed by atoms with Crippen LogP contribution in [0.3, 0.4) is 0 Å². The van der Waals surface area contributed by atoms with Crippen molar-refractivity contribution in [1.82, 2.24) is 10.7 Å². The molecular weight excluding hydrogens is 416 g/mol. The van der Waals surface area contributed by atoms with E-state index in [1.807, 2.05) is 32.2 Å². The minimum absolute atomic E-state index is 0.00463. The molecule has 2 rings (SSSR count). The molecule has 0 aliphatic heterocycles. The van der Waals surface area contributed by atoms with Crippen molar-refractivity contribution in [1.29, 1.82) is 0 Å². The third-order valence-corrected chi connectivity index (χ3v) is 4.45. The second kappa shape index (κ2) is 21.4. The van der Waals surface area contributed by atoms with E-state index in [4.69, 9.17) is 0 Å². The highest BCUT2D eigenvalue weighted by Gasteiger charge is 2.02. The van der Waals surface area contributed by atoms with Crippen LogP contribution < -0.4 is 10.7 Å². The Labute approximate surface area is 199 Å². The molecule has 0 spiro atoms. The number of benzene rings is 2. The topological polar surface area (TPSA) is 65.8 Å². The summed E-state index contributed by atoms with van der Waals surface area (Å²) >= 11 is 1.66. The Morgan fingerprint density at radius 2 is 1.66 bits per heavy atom. The second-order valence-corrected chi connectivity index (χ2v) is 7.13. The summed E-state index contributed by atoms with van der Waals surface area (Å²) in [4.78, 5) is 14.4. The van der Waals surface area contributed by atoms with Gasteiger partial charge in [-0.2, -0.15) is 5.10 Å². The number of thioether (sulfide) groups is 1. The molecule has 6 heteroatoms. The number of amides is 1. The lowest BCUT2D eigenvalue weighted by Gasteiger charge is -2.06. The van der Waals surface area contributed by atoms with Gasteiger partial charge in [-0.05, 0) is 43.5 Å². The highest BCUT2D eigenvalue weighted by atomic mass is 32.2. The van der Waals surface area contributed by atoms with Crippen molar-refractivity contribution in [2.75, 3.05) is 7.05 Å². The Balaban J connectivity index is 0. The van der Waals surface area contributed by atoms with Crippen molar-refractivity contribution >= 4 is 34.7 Å². The molecule has 0 bridgehead atoms. The first-order valence-corrected chi connectivity index (χ1v) is 11.7. The number of aryl methyl sites for hydroxylation is 2.